The maximum Gasteiger partial charge on any atom is 0.329 e. The summed E-state index contributed by atoms with van der Waals surface area (Å²) in [5.74, 6) is -0.495. The molecule has 0 radical (unpaired) electrons. The SMILES string of the molecule is CC1CCC(NC(=O)[C@@H]2CCCNC2)(C(=O)O)CC1. The summed E-state index contributed by atoms with van der Waals surface area (Å²) in [6, 6.07) is 0. The molecule has 0 spiro atoms. The van der Waals surface area contributed by atoms with E-state index in [1.165, 1.54) is 0 Å². The van der Waals surface area contributed by atoms with E-state index in [-0.39, 0.29) is 11.8 Å². The summed E-state index contributed by atoms with van der Waals surface area (Å²) in [5.41, 5.74) is -1.03. The smallest absolute Gasteiger partial charge is 0.329 e. The molecule has 0 aromatic carbocycles. The molecule has 0 bridgehead atoms. The zero-order chi connectivity index (χ0) is 13.9. The van der Waals surface area contributed by atoms with E-state index in [4.69, 9.17) is 0 Å². The number of carbonyl (C=O) groups excluding carboxylic acids is 1. The highest BCUT2D eigenvalue weighted by atomic mass is 16.4. The van der Waals surface area contributed by atoms with Crippen LogP contribution in [0.1, 0.15) is 45.4 Å². The second-order valence-electron chi connectivity index (χ2n) is 6.10. The van der Waals surface area contributed by atoms with Gasteiger partial charge in [-0.15, -0.1) is 0 Å². The largest absolute Gasteiger partial charge is 0.480 e. The van der Waals surface area contributed by atoms with Gasteiger partial charge in [-0.3, -0.25) is 4.79 Å². The van der Waals surface area contributed by atoms with Crippen LogP contribution in [0, 0.1) is 11.8 Å². The predicted octanol–water partition coefficient (Wildman–Crippen LogP) is 1.14. The zero-order valence-corrected chi connectivity index (χ0v) is 11.6. The van der Waals surface area contributed by atoms with E-state index in [9.17, 15) is 14.7 Å². The molecule has 0 aromatic rings. The van der Waals surface area contributed by atoms with Gasteiger partial charge in [0.1, 0.15) is 5.54 Å². The lowest BCUT2D eigenvalue weighted by Gasteiger charge is -2.37. The van der Waals surface area contributed by atoms with Gasteiger partial charge in [0.15, 0.2) is 0 Å². The van der Waals surface area contributed by atoms with E-state index in [2.05, 4.69) is 17.6 Å². The number of hydrogen-bond acceptors (Lipinski definition) is 3. The van der Waals surface area contributed by atoms with Gasteiger partial charge in [0.25, 0.3) is 0 Å². The van der Waals surface area contributed by atoms with Crippen molar-refractivity contribution in [2.75, 3.05) is 13.1 Å². The van der Waals surface area contributed by atoms with Crippen LogP contribution < -0.4 is 10.6 Å². The van der Waals surface area contributed by atoms with Gasteiger partial charge < -0.3 is 15.7 Å². The monoisotopic (exact) mass is 268 g/mol. The second kappa shape index (κ2) is 5.90. The third kappa shape index (κ3) is 3.26. The average Bonchev–Trinajstić information content (AvgIpc) is 2.42. The number of nitrogens with one attached hydrogen (secondary N) is 2. The Morgan fingerprint density at radius 3 is 2.47 bits per heavy atom. The van der Waals surface area contributed by atoms with Gasteiger partial charge in [-0.05, 0) is 51.0 Å². The molecule has 2 rings (SSSR count). The molecule has 5 nitrogen and oxygen atoms in total. The summed E-state index contributed by atoms with van der Waals surface area (Å²) in [5, 5.41) is 15.5. The summed E-state index contributed by atoms with van der Waals surface area (Å²) in [6.07, 6.45) is 4.68. The summed E-state index contributed by atoms with van der Waals surface area (Å²) in [7, 11) is 0. The Kier molecular flexibility index (Phi) is 4.45. The fourth-order valence-electron chi connectivity index (χ4n) is 3.06. The van der Waals surface area contributed by atoms with E-state index in [1.807, 2.05) is 0 Å². The van der Waals surface area contributed by atoms with Gasteiger partial charge in [0, 0.05) is 6.54 Å². The molecule has 1 atom stereocenters. The number of aliphatic carboxylic acids is 1. The topological polar surface area (TPSA) is 78.4 Å². The number of amides is 1. The van der Waals surface area contributed by atoms with Crippen LogP contribution in [0.5, 0.6) is 0 Å². The number of carbonyl (C=O) groups is 2. The molecule has 108 valence electrons. The maximum absolute atomic E-state index is 12.2. The van der Waals surface area contributed by atoms with Crippen LogP contribution in [0.3, 0.4) is 0 Å². The van der Waals surface area contributed by atoms with Crippen LogP contribution in [0.2, 0.25) is 0 Å². The first kappa shape index (κ1) is 14.3. The number of carboxylic acid groups (broad SMARTS) is 1. The lowest BCUT2D eigenvalue weighted by molar-refractivity contribution is -0.150. The summed E-state index contributed by atoms with van der Waals surface area (Å²) in [4.78, 5) is 23.8. The van der Waals surface area contributed by atoms with Gasteiger partial charge in [-0.1, -0.05) is 6.92 Å². The summed E-state index contributed by atoms with van der Waals surface area (Å²) in [6.45, 7) is 3.75. The Morgan fingerprint density at radius 1 is 1.26 bits per heavy atom. The molecule has 19 heavy (non-hydrogen) atoms. The molecule has 2 aliphatic rings. The van der Waals surface area contributed by atoms with Crippen molar-refractivity contribution in [1.82, 2.24) is 10.6 Å². The van der Waals surface area contributed by atoms with Gasteiger partial charge in [-0.25, -0.2) is 4.79 Å². The molecule has 1 aliphatic carbocycles. The van der Waals surface area contributed by atoms with Crippen LogP contribution in [0.15, 0.2) is 0 Å². The Labute approximate surface area is 114 Å². The van der Waals surface area contributed by atoms with Crippen molar-refractivity contribution in [1.29, 1.82) is 0 Å². The lowest BCUT2D eigenvalue weighted by Crippen LogP contribution is -2.58. The third-order valence-electron chi connectivity index (χ3n) is 4.57. The van der Waals surface area contributed by atoms with Crippen molar-refractivity contribution in [2.45, 2.75) is 51.0 Å². The second-order valence-corrected chi connectivity index (χ2v) is 6.10. The predicted molar refractivity (Wildman–Crippen MR) is 71.7 cm³/mol. The number of hydrogen-bond donors (Lipinski definition) is 3. The van der Waals surface area contributed by atoms with E-state index in [1.54, 1.807) is 0 Å². The Bertz CT molecular complexity index is 343. The van der Waals surface area contributed by atoms with Crippen molar-refractivity contribution >= 4 is 11.9 Å². The summed E-state index contributed by atoms with van der Waals surface area (Å²) < 4.78 is 0. The van der Waals surface area contributed by atoms with Crippen LogP contribution in [-0.2, 0) is 9.59 Å². The number of rotatable bonds is 3. The molecule has 1 saturated heterocycles. The Balaban J connectivity index is 2.00. The quantitative estimate of drug-likeness (QED) is 0.717. The van der Waals surface area contributed by atoms with Crippen molar-refractivity contribution in [2.24, 2.45) is 11.8 Å². The number of carboxylic acids is 1. The third-order valence-corrected chi connectivity index (χ3v) is 4.57. The van der Waals surface area contributed by atoms with Crippen molar-refractivity contribution in [3.8, 4) is 0 Å². The lowest BCUT2D eigenvalue weighted by atomic mass is 9.76. The van der Waals surface area contributed by atoms with Gasteiger partial charge in [-0.2, -0.15) is 0 Å². The molecule has 1 amide bonds. The minimum atomic E-state index is -1.03. The standard InChI is InChI=1S/C14H24N2O3/c1-10-4-6-14(7-5-10,13(18)19)16-12(17)11-3-2-8-15-9-11/h10-11,15H,2-9H2,1H3,(H,16,17)(H,18,19)/t10?,11-,14?/m1/s1. The molecular weight excluding hydrogens is 244 g/mol. The van der Waals surface area contributed by atoms with Crippen molar-refractivity contribution in [3.05, 3.63) is 0 Å². The maximum atomic E-state index is 12.2. The Hall–Kier alpha value is -1.10. The molecule has 0 unspecified atom stereocenters. The van der Waals surface area contributed by atoms with Crippen LogP contribution in [0.4, 0.5) is 0 Å². The van der Waals surface area contributed by atoms with Crippen molar-refractivity contribution < 1.29 is 14.7 Å². The fourth-order valence-corrected chi connectivity index (χ4v) is 3.06. The van der Waals surface area contributed by atoms with E-state index >= 15 is 0 Å². The molecule has 1 saturated carbocycles. The average molecular weight is 268 g/mol. The minimum Gasteiger partial charge on any atom is -0.480 e. The normalized spacial score (nSPS) is 35.6. The minimum absolute atomic E-state index is 0.0793. The van der Waals surface area contributed by atoms with E-state index in [0.29, 0.717) is 25.3 Å². The molecule has 0 aromatic heterocycles. The summed E-state index contributed by atoms with van der Waals surface area (Å²) >= 11 is 0. The van der Waals surface area contributed by atoms with Gasteiger partial charge in [0.05, 0.1) is 5.92 Å². The highest BCUT2D eigenvalue weighted by molar-refractivity contribution is 5.88. The number of piperidine rings is 1. The highest BCUT2D eigenvalue weighted by Gasteiger charge is 2.43. The molecular formula is C14H24N2O3. The van der Waals surface area contributed by atoms with E-state index in [0.717, 1.165) is 32.2 Å². The highest BCUT2D eigenvalue weighted by Crippen LogP contribution is 2.32. The van der Waals surface area contributed by atoms with Crippen molar-refractivity contribution in [3.63, 3.8) is 0 Å². The first-order chi connectivity index (χ1) is 9.03. The van der Waals surface area contributed by atoms with Gasteiger partial charge >= 0.3 is 5.97 Å². The first-order valence-electron chi connectivity index (χ1n) is 7.30. The van der Waals surface area contributed by atoms with Crippen LogP contribution in [0.25, 0.3) is 0 Å². The fraction of sp³-hybridized carbons (Fsp3) is 0.857. The van der Waals surface area contributed by atoms with Crippen LogP contribution in [-0.4, -0.2) is 35.6 Å². The van der Waals surface area contributed by atoms with Gasteiger partial charge in [0.2, 0.25) is 5.91 Å². The van der Waals surface area contributed by atoms with Crippen LogP contribution >= 0.6 is 0 Å². The molecule has 1 aliphatic heterocycles. The molecule has 5 heteroatoms. The Morgan fingerprint density at radius 2 is 1.95 bits per heavy atom. The molecule has 3 N–H and O–H groups in total. The molecule has 2 fully saturated rings. The first-order valence-corrected chi connectivity index (χ1v) is 7.30. The van der Waals surface area contributed by atoms with E-state index < -0.39 is 11.5 Å². The zero-order valence-electron chi connectivity index (χ0n) is 11.6. The molecule has 1 heterocycles.